The van der Waals surface area contributed by atoms with Crippen molar-refractivity contribution in [3.63, 3.8) is 0 Å². The van der Waals surface area contributed by atoms with E-state index in [4.69, 9.17) is 10.2 Å². The number of carbonyl (C=O) groups is 2. The standard InChI is InChI=1S/C14H17N5O4S/c1-7(2)16-9(20)6-24-14-18-11(15)10(13(22)19-14)17-12(21)8-4-3-5-23-8/h3-5,7H,6H2,1-2H3,(H,16,20)(H,17,21)(H3,15,18,19,22). The van der Waals surface area contributed by atoms with Crippen LogP contribution < -0.4 is 21.9 Å². The molecule has 0 bridgehead atoms. The molecule has 0 aliphatic heterocycles. The maximum absolute atomic E-state index is 12.1. The summed E-state index contributed by atoms with van der Waals surface area (Å²) in [5.41, 5.74) is 4.93. The molecule has 2 aromatic rings. The smallest absolute Gasteiger partial charge is 0.291 e. The van der Waals surface area contributed by atoms with E-state index in [1.165, 1.54) is 12.3 Å². The number of nitrogen functional groups attached to an aromatic ring is 1. The molecule has 128 valence electrons. The third-order valence-electron chi connectivity index (χ3n) is 2.70. The van der Waals surface area contributed by atoms with Gasteiger partial charge in [0, 0.05) is 6.04 Å². The first-order valence-corrected chi connectivity index (χ1v) is 8.02. The third kappa shape index (κ3) is 4.62. The van der Waals surface area contributed by atoms with Crippen LogP contribution >= 0.6 is 11.8 Å². The molecule has 0 fully saturated rings. The van der Waals surface area contributed by atoms with E-state index in [2.05, 4.69) is 20.6 Å². The van der Waals surface area contributed by atoms with Crippen LogP contribution in [0.4, 0.5) is 11.5 Å². The number of carbonyl (C=O) groups excluding carboxylic acids is 2. The lowest BCUT2D eigenvalue weighted by Gasteiger charge is -2.09. The van der Waals surface area contributed by atoms with Crippen molar-refractivity contribution in [1.29, 1.82) is 0 Å². The predicted octanol–water partition coefficient (Wildman–Crippen LogP) is 0.814. The molecule has 0 saturated carbocycles. The summed E-state index contributed by atoms with van der Waals surface area (Å²) >= 11 is 1.03. The molecule has 2 rings (SSSR count). The number of H-pyrrole nitrogens is 1. The molecule has 0 saturated heterocycles. The first-order chi connectivity index (χ1) is 11.4. The number of aromatic nitrogens is 2. The van der Waals surface area contributed by atoms with Gasteiger partial charge in [0.2, 0.25) is 5.91 Å². The average Bonchev–Trinajstić information content (AvgIpc) is 3.02. The summed E-state index contributed by atoms with van der Waals surface area (Å²) in [5.74, 6) is -0.830. The zero-order valence-corrected chi connectivity index (χ0v) is 13.9. The van der Waals surface area contributed by atoms with E-state index in [1.54, 1.807) is 6.07 Å². The van der Waals surface area contributed by atoms with Crippen LogP contribution in [0, 0.1) is 0 Å². The van der Waals surface area contributed by atoms with Crippen LogP contribution in [0.25, 0.3) is 0 Å². The molecule has 2 aromatic heterocycles. The number of rotatable bonds is 6. The monoisotopic (exact) mass is 351 g/mol. The van der Waals surface area contributed by atoms with Crippen LogP contribution in [-0.2, 0) is 4.79 Å². The van der Waals surface area contributed by atoms with Gasteiger partial charge in [-0.25, -0.2) is 4.98 Å². The van der Waals surface area contributed by atoms with E-state index < -0.39 is 11.5 Å². The fourth-order valence-electron chi connectivity index (χ4n) is 1.74. The van der Waals surface area contributed by atoms with Gasteiger partial charge in [0.05, 0.1) is 12.0 Å². The maximum atomic E-state index is 12.1. The molecule has 0 aliphatic carbocycles. The topological polar surface area (TPSA) is 143 Å². The summed E-state index contributed by atoms with van der Waals surface area (Å²) < 4.78 is 4.93. The highest BCUT2D eigenvalue weighted by molar-refractivity contribution is 7.99. The lowest BCUT2D eigenvalue weighted by Crippen LogP contribution is -2.31. The van der Waals surface area contributed by atoms with Gasteiger partial charge in [-0.3, -0.25) is 19.4 Å². The van der Waals surface area contributed by atoms with Gasteiger partial charge in [-0.15, -0.1) is 0 Å². The Morgan fingerprint density at radius 3 is 2.79 bits per heavy atom. The highest BCUT2D eigenvalue weighted by atomic mass is 32.2. The second-order valence-electron chi connectivity index (χ2n) is 5.07. The van der Waals surface area contributed by atoms with Gasteiger partial charge in [0.1, 0.15) is 0 Å². The molecular weight excluding hydrogens is 334 g/mol. The summed E-state index contributed by atoms with van der Waals surface area (Å²) in [6, 6.07) is 3.02. The van der Waals surface area contributed by atoms with Crippen molar-refractivity contribution in [2.24, 2.45) is 0 Å². The zero-order chi connectivity index (χ0) is 17.7. The molecule has 2 amide bonds. The van der Waals surface area contributed by atoms with Crippen molar-refractivity contribution in [1.82, 2.24) is 15.3 Å². The van der Waals surface area contributed by atoms with Crippen molar-refractivity contribution < 1.29 is 14.0 Å². The first-order valence-electron chi connectivity index (χ1n) is 7.03. The average molecular weight is 351 g/mol. The van der Waals surface area contributed by atoms with Crippen LogP contribution in [0.1, 0.15) is 24.4 Å². The summed E-state index contributed by atoms with van der Waals surface area (Å²) in [5, 5.41) is 5.25. The number of hydrogen-bond donors (Lipinski definition) is 4. The van der Waals surface area contributed by atoms with Gasteiger partial charge in [-0.2, -0.15) is 0 Å². The molecular formula is C14H17N5O4S. The van der Waals surface area contributed by atoms with E-state index in [-0.39, 0.29) is 40.1 Å². The molecule has 24 heavy (non-hydrogen) atoms. The Balaban J connectivity index is 2.07. The molecule has 0 unspecified atom stereocenters. The molecule has 10 heteroatoms. The van der Waals surface area contributed by atoms with E-state index in [0.29, 0.717) is 0 Å². The molecule has 0 atom stereocenters. The number of aromatic amines is 1. The molecule has 0 radical (unpaired) electrons. The lowest BCUT2D eigenvalue weighted by atomic mass is 10.4. The highest BCUT2D eigenvalue weighted by Gasteiger charge is 2.16. The number of hydrogen-bond acceptors (Lipinski definition) is 7. The van der Waals surface area contributed by atoms with Crippen LogP contribution in [0.5, 0.6) is 0 Å². The van der Waals surface area contributed by atoms with Gasteiger partial charge in [0.15, 0.2) is 22.4 Å². The van der Waals surface area contributed by atoms with Crippen LogP contribution in [0.15, 0.2) is 32.8 Å². The van der Waals surface area contributed by atoms with Gasteiger partial charge in [-0.1, -0.05) is 11.8 Å². The van der Waals surface area contributed by atoms with E-state index in [0.717, 1.165) is 11.8 Å². The summed E-state index contributed by atoms with van der Waals surface area (Å²) in [6.07, 6.45) is 1.34. The Kier molecular flexibility index (Phi) is 5.64. The van der Waals surface area contributed by atoms with Crippen LogP contribution in [-0.4, -0.2) is 33.6 Å². The van der Waals surface area contributed by atoms with E-state index >= 15 is 0 Å². The second-order valence-corrected chi connectivity index (χ2v) is 6.04. The first kappa shape index (κ1) is 17.6. The summed E-state index contributed by atoms with van der Waals surface area (Å²) in [7, 11) is 0. The minimum Gasteiger partial charge on any atom is -0.459 e. The SMILES string of the molecule is CC(C)NC(=O)CSc1nc(N)c(NC(=O)c2ccco2)c(=O)[nH]1. The fourth-order valence-corrected chi connectivity index (χ4v) is 2.42. The summed E-state index contributed by atoms with van der Waals surface area (Å²) in [4.78, 5) is 42.0. The molecule has 2 heterocycles. The molecule has 9 nitrogen and oxygen atoms in total. The Morgan fingerprint density at radius 2 is 2.21 bits per heavy atom. The molecule has 0 aliphatic rings. The van der Waals surface area contributed by atoms with Crippen molar-refractivity contribution in [3.05, 3.63) is 34.5 Å². The number of nitrogens with one attached hydrogen (secondary N) is 3. The van der Waals surface area contributed by atoms with Crippen molar-refractivity contribution in [2.75, 3.05) is 16.8 Å². The number of thioether (sulfide) groups is 1. The number of anilines is 2. The number of nitrogens with zero attached hydrogens (tertiary/aromatic N) is 1. The second kappa shape index (κ2) is 7.68. The zero-order valence-electron chi connectivity index (χ0n) is 13.1. The Hall–Kier alpha value is -2.75. The maximum Gasteiger partial charge on any atom is 0.291 e. The van der Waals surface area contributed by atoms with Crippen molar-refractivity contribution >= 4 is 35.1 Å². The van der Waals surface area contributed by atoms with Gasteiger partial charge in [-0.05, 0) is 26.0 Å². The predicted molar refractivity (Wildman–Crippen MR) is 89.9 cm³/mol. The minimum absolute atomic E-state index is 0.0226. The van der Waals surface area contributed by atoms with Gasteiger partial charge < -0.3 is 20.8 Å². The van der Waals surface area contributed by atoms with E-state index in [9.17, 15) is 14.4 Å². The minimum atomic E-state index is -0.617. The molecule has 5 N–H and O–H groups in total. The fraction of sp³-hybridized carbons (Fsp3) is 0.286. The van der Waals surface area contributed by atoms with Crippen LogP contribution in [0.2, 0.25) is 0 Å². The number of amides is 2. The molecule has 0 aromatic carbocycles. The van der Waals surface area contributed by atoms with Gasteiger partial charge in [0.25, 0.3) is 11.5 Å². The Labute approximate surface area is 141 Å². The van der Waals surface area contributed by atoms with Crippen molar-refractivity contribution in [2.45, 2.75) is 25.0 Å². The summed E-state index contributed by atoms with van der Waals surface area (Å²) in [6.45, 7) is 3.69. The largest absolute Gasteiger partial charge is 0.459 e. The highest BCUT2D eigenvalue weighted by Crippen LogP contribution is 2.17. The van der Waals surface area contributed by atoms with Gasteiger partial charge >= 0.3 is 0 Å². The Morgan fingerprint density at radius 1 is 1.46 bits per heavy atom. The van der Waals surface area contributed by atoms with Crippen molar-refractivity contribution in [3.8, 4) is 0 Å². The lowest BCUT2D eigenvalue weighted by molar-refractivity contribution is -0.119. The van der Waals surface area contributed by atoms with Crippen LogP contribution in [0.3, 0.4) is 0 Å². The quantitative estimate of drug-likeness (QED) is 0.445. The molecule has 0 spiro atoms. The van der Waals surface area contributed by atoms with E-state index in [1.807, 2.05) is 13.8 Å². The normalized spacial score (nSPS) is 10.6. The Bertz CT molecular complexity index is 785. The number of furan rings is 1. The third-order valence-corrected chi connectivity index (χ3v) is 3.57. The number of nitrogens with two attached hydrogens (primary N) is 1.